The smallest absolute Gasteiger partial charge is 0.306 e. The van der Waals surface area contributed by atoms with Gasteiger partial charge >= 0.3 is 5.97 Å². The lowest BCUT2D eigenvalue weighted by molar-refractivity contribution is -0.141. The molecule has 0 saturated heterocycles. The predicted molar refractivity (Wildman–Crippen MR) is 79.5 cm³/mol. The summed E-state index contributed by atoms with van der Waals surface area (Å²) < 4.78 is 0. The SMILES string of the molecule is O=C(O)CC(O)C(O)c1ccccc1C(=O)c1ccccc1. The predicted octanol–water partition coefficient (Wildman–Crippen LogP) is 1.79. The number of rotatable bonds is 6. The molecule has 5 heteroatoms. The number of ketones is 1. The molecule has 0 aliphatic heterocycles. The van der Waals surface area contributed by atoms with E-state index < -0.39 is 24.6 Å². The molecule has 5 nitrogen and oxygen atoms in total. The lowest BCUT2D eigenvalue weighted by atomic mass is 9.92. The van der Waals surface area contributed by atoms with E-state index in [9.17, 15) is 19.8 Å². The second-order valence-electron chi connectivity index (χ2n) is 4.89. The van der Waals surface area contributed by atoms with Crippen LogP contribution < -0.4 is 0 Å². The third kappa shape index (κ3) is 3.58. The Labute approximate surface area is 127 Å². The van der Waals surface area contributed by atoms with Gasteiger partial charge in [0.05, 0.1) is 12.5 Å². The van der Waals surface area contributed by atoms with Crippen LogP contribution in [0, 0.1) is 0 Å². The van der Waals surface area contributed by atoms with Gasteiger partial charge < -0.3 is 15.3 Å². The number of aliphatic hydroxyl groups is 2. The van der Waals surface area contributed by atoms with Crippen molar-refractivity contribution in [3.8, 4) is 0 Å². The van der Waals surface area contributed by atoms with E-state index in [1.807, 2.05) is 0 Å². The van der Waals surface area contributed by atoms with Gasteiger partial charge in [0.2, 0.25) is 0 Å². The molecule has 2 aromatic rings. The van der Waals surface area contributed by atoms with Crippen molar-refractivity contribution in [1.29, 1.82) is 0 Å². The van der Waals surface area contributed by atoms with E-state index in [0.717, 1.165) is 0 Å². The van der Waals surface area contributed by atoms with Gasteiger partial charge in [0.25, 0.3) is 0 Å². The number of carbonyl (C=O) groups is 2. The second-order valence-corrected chi connectivity index (χ2v) is 4.89. The van der Waals surface area contributed by atoms with Crippen LogP contribution in [0.15, 0.2) is 54.6 Å². The lowest BCUT2D eigenvalue weighted by Crippen LogP contribution is -2.23. The molecule has 3 N–H and O–H groups in total. The molecule has 2 unspecified atom stereocenters. The normalized spacial score (nSPS) is 13.4. The highest BCUT2D eigenvalue weighted by Crippen LogP contribution is 2.24. The molecular weight excluding hydrogens is 284 g/mol. The zero-order chi connectivity index (χ0) is 16.1. The molecule has 0 radical (unpaired) electrons. The number of carboxylic acids is 1. The molecule has 22 heavy (non-hydrogen) atoms. The van der Waals surface area contributed by atoms with E-state index in [2.05, 4.69) is 0 Å². The molecule has 0 aliphatic carbocycles. The number of hydrogen-bond acceptors (Lipinski definition) is 4. The average molecular weight is 300 g/mol. The van der Waals surface area contributed by atoms with E-state index in [1.165, 1.54) is 6.07 Å². The second kappa shape index (κ2) is 6.98. The first-order valence-electron chi connectivity index (χ1n) is 6.77. The van der Waals surface area contributed by atoms with Crippen LogP contribution in [-0.2, 0) is 4.79 Å². The standard InChI is InChI=1S/C17H16O5/c18-14(10-15(19)20)17(22)13-9-5-4-8-12(13)16(21)11-6-2-1-3-7-11/h1-9,14,17-18,22H,10H2,(H,19,20). The zero-order valence-electron chi connectivity index (χ0n) is 11.7. The third-order valence-corrected chi connectivity index (χ3v) is 3.31. The molecule has 0 heterocycles. The highest BCUT2D eigenvalue weighted by Gasteiger charge is 2.25. The van der Waals surface area contributed by atoms with Crippen molar-refractivity contribution < 1.29 is 24.9 Å². The number of aliphatic hydroxyl groups excluding tert-OH is 2. The van der Waals surface area contributed by atoms with Crippen molar-refractivity contribution in [2.24, 2.45) is 0 Å². The van der Waals surface area contributed by atoms with E-state index in [1.54, 1.807) is 48.5 Å². The van der Waals surface area contributed by atoms with Crippen LogP contribution >= 0.6 is 0 Å². The zero-order valence-corrected chi connectivity index (χ0v) is 11.7. The van der Waals surface area contributed by atoms with Crippen LogP contribution in [0.25, 0.3) is 0 Å². The minimum atomic E-state index is -1.48. The Balaban J connectivity index is 2.34. The van der Waals surface area contributed by atoms with E-state index in [4.69, 9.17) is 5.11 Å². The van der Waals surface area contributed by atoms with Crippen LogP contribution in [0.1, 0.15) is 34.0 Å². The van der Waals surface area contributed by atoms with E-state index >= 15 is 0 Å². The first kappa shape index (κ1) is 15.9. The van der Waals surface area contributed by atoms with Crippen molar-refractivity contribution in [2.75, 3.05) is 0 Å². The van der Waals surface area contributed by atoms with Crippen molar-refractivity contribution in [3.05, 3.63) is 71.3 Å². The average Bonchev–Trinajstić information content (AvgIpc) is 2.53. The summed E-state index contributed by atoms with van der Waals surface area (Å²) >= 11 is 0. The summed E-state index contributed by atoms with van der Waals surface area (Å²) in [6, 6.07) is 14.9. The summed E-state index contributed by atoms with van der Waals surface area (Å²) in [7, 11) is 0. The monoisotopic (exact) mass is 300 g/mol. The molecular formula is C17H16O5. The largest absolute Gasteiger partial charge is 0.481 e. The van der Waals surface area contributed by atoms with Gasteiger partial charge in [-0.05, 0) is 5.56 Å². The van der Waals surface area contributed by atoms with Gasteiger partial charge in [-0.15, -0.1) is 0 Å². The van der Waals surface area contributed by atoms with Gasteiger partial charge in [-0.25, -0.2) is 0 Å². The minimum Gasteiger partial charge on any atom is -0.481 e. The van der Waals surface area contributed by atoms with E-state index in [-0.39, 0.29) is 16.9 Å². The maximum atomic E-state index is 12.5. The molecule has 0 fully saturated rings. The fourth-order valence-corrected chi connectivity index (χ4v) is 2.20. The number of aliphatic carboxylic acids is 1. The molecule has 2 atom stereocenters. The Morgan fingerprint density at radius 1 is 0.909 bits per heavy atom. The molecule has 0 amide bonds. The molecule has 0 aromatic heterocycles. The summed E-state index contributed by atoms with van der Waals surface area (Å²) in [4.78, 5) is 23.2. The Morgan fingerprint density at radius 3 is 2.14 bits per heavy atom. The quantitative estimate of drug-likeness (QED) is 0.707. The van der Waals surface area contributed by atoms with Crippen molar-refractivity contribution in [2.45, 2.75) is 18.6 Å². The highest BCUT2D eigenvalue weighted by atomic mass is 16.4. The first-order chi connectivity index (χ1) is 10.5. The number of carboxylic acid groups (broad SMARTS) is 1. The fraction of sp³-hybridized carbons (Fsp3) is 0.176. The van der Waals surface area contributed by atoms with Crippen LogP contribution in [-0.4, -0.2) is 33.2 Å². The first-order valence-corrected chi connectivity index (χ1v) is 6.77. The molecule has 114 valence electrons. The maximum absolute atomic E-state index is 12.5. The fourth-order valence-electron chi connectivity index (χ4n) is 2.20. The molecule has 2 aromatic carbocycles. The number of benzene rings is 2. The van der Waals surface area contributed by atoms with Gasteiger partial charge in [0, 0.05) is 11.1 Å². The van der Waals surface area contributed by atoms with Gasteiger partial charge in [-0.3, -0.25) is 9.59 Å². The molecule has 0 bridgehead atoms. The van der Waals surface area contributed by atoms with Crippen LogP contribution in [0.2, 0.25) is 0 Å². The summed E-state index contributed by atoms with van der Waals surface area (Å²) in [5.41, 5.74) is 0.908. The van der Waals surface area contributed by atoms with Gasteiger partial charge in [0.1, 0.15) is 6.10 Å². The Bertz CT molecular complexity index is 666. The van der Waals surface area contributed by atoms with Crippen molar-refractivity contribution >= 4 is 11.8 Å². The topological polar surface area (TPSA) is 94.8 Å². The summed E-state index contributed by atoms with van der Waals surface area (Å²) in [5.74, 6) is -1.52. The third-order valence-electron chi connectivity index (χ3n) is 3.31. The molecule has 0 saturated carbocycles. The maximum Gasteiger partial charge on any atom is 0.306 e. The minimum absolute atomic E-state index is 0.213. The number of hydrogen-bond donors (Lipinski definition) is 3. The van der Waals surface area contributed by atoms with Crippen LogP contribution in [0.5, 0.6) is 0 Å². The lowest BCUT2D eigenvalue weighted by Gasteiger charge is -2.19. The Kier molecular flexibility index (Phi) is 5.04. The van der Waals surface area contributed by atoms with Crippen molar-refractivity contribution in [3.63, 3.8) is 0 Å². The van der Waals surface area contributed by atoms with Crippen molar-refractivity contribution in [1.82, 2.24) is 0 Å². The van der Waals surface area contributed by atoms with E-state index in [0.29, 0.717) is 5.56 Å². The van der Waals surface area contributed by atoms with Gasteiger partial charge in [-0.2, -0.15) is 0 Å². The summed E-state index contributed by atoms with van der Waals surface area (Å²) in [5, 5.41) is 28.6. The highest BCUT2D eigenvalue weighted by molar-refractivity contribution is 6.10. The van der Waals surface area contributed by atoms with Gasteiger partial charge in [-0.1, -0.05) is 54.6 Å². The molecule has 0 spiro atoms. The Hall–Kier alpha value is -2.50. The molecule has 0 aliphatic rings. The summed E-state index contributed by atoms with van der Waals surface area (Å²) in [6.45, 7) is 0. The summed E-state index contributed by atoms with van der Waals surface area (Å²) in [6.07, 6.45) is -3.53. The van der Waals surface area contributed by atoms with Gasteiger partial charge in [0.15, 0.2) is 5.78 Å². The number of carbonyl (C=O) groups excluding carboxylic acids is 1. The van der Waals surface area contributed by atoms with Crippen LogP contribution in [0.3, 0.4) is 0 Å². The van der Waals surface area contributed by atoms with Crippen LogP contribution in [0.4, 0.5) is 0 Å². The molecule has 2 rings (SSSR count). The Morgan fingerprint density at radius 2 is 1.50 bits per heavy atom.